The molecule has 0 spiro atoms. The number of nitrogens with two attached hydrogens (primary N) is 1. The molecule has 1 unspecified atom stereocenters. The topological polar surface area (TPSA) is 47.3 Å². The number of benzene rings is 1. The zero-order valence-corrected chi connectivity index (χ0v) is 10.2. The van der Waals surface area contributed by atoms with Crippen LogP contribution in [0.1, 0.15) is 24.5 Å². The van der Waals surface area contributed by atoms with Gasteiger partial charge in [0.15, 0.2) is 0 Å². The monoisotopic (exact) mass is 222 g/mol. The Labute approximate surface area is 98.0 Å². The van der Waals surface area contributed by atoms with E-state index in [1.807, 2.05) is 6.92 Å². The second kappa shape index (κ2) is 7.39. The Hall–Kier alpha value is -0.900. The lowest BCUT2D eigenvalue weighted by Crippen LogP contribution is -2.39. The summed E-state index contributed by atoms with van der Waals surface area (Å²) in [6.07, 6.45) is 2.03. The average Bonchev–Trinajstić information content (AvgIpc) is 2.29. The second-order valence-electron chi connectivity index (χ2n) is 4.05. The largest absolute Gasteiger partial charge is 0.380 e. The molecule has 0 aromatic heterocycles. The first-order valence-corrected chi connectivity index (χ1v) is 5.85. The predicted molar refractivity (Wildman–Crippen MR) is 67.1 cm³/mol. The molecule has 3 nitrogen and oxygen atoms in total. The fraction of sp³-hybridized carbons (Fsp3) is 0.538. The van der Waals surface area contributed by atoms with Crippen molar-refractivity contribution in [3.8, 4) is 0 Å². The number of rotatable bonds is 7. The van der Waals surface area contributed by atoms with Crippen LogP contribution in [0.2, 0.25) is 0 Å². The Morgan fingerprint density at radius 2 is 2.25 bits per heavy atom. The molecule has 0 aliphatic heterocycles. The number of aryl methyl sites for hydroxylation is 2. The summed E-state index contributed by atoms with van der Waals surface area (Å²) >= 11 is 0. The summed E-state index contributed by atoms with van der Waals surface area (Å²) in [6, 6.07) is 8.82. The molecule has 0 saturated carbocycles. The fourth-order valence-corrected chi connectivity index (χ4v) is 1.68. The summed E-state index contributed by atoms with van der Waals surface area (Å²) < 4.78 is 5.36. The Morgan fingerprint density at radius 1 is 1.44 bits per heavy atom. The van der Waals surface area contributed by atoms with E-state index in [2.05, 4.69) is 36.6 Å². The predicted octanol–water partition coefficient (Wildman–Crippen LogP) is 1.80. The number of ether oxygens (including phenoxy) is 1. The van der Waals surface area contributed by atoms with E-state index in [1.165, 1.54) is 11.1 Å². The maximum absolute atomic E-state index is 5.48. The first kappa shape index (κ1) is 13.2. The summed E-state index contributed by atoms with van der Waals surface area (Å²) in [7, 11) is 0. The van der Waals surface area contributed by atoms with Crippen molar-refractivity contribution in [2.75, 3.05) is 13.2 Å². The fourth-order valence-electron chi connectivity index (χ4n) is 1.68. The molecule has 90 valence electrons. The van der Waals surface area contributed by atoms with Crippen LogP contribution in [0.3, 0.4) is 0 Å². The highest BCUT2D eigenvalue weighted by molar-refractivity contribution is 5.22. The SMILES string of the molecule is CCOCC(CCc1cccc(C)c1)NN. The smallest absolute Gasteiger partial charge is 0.0633 e. The molecule has 1 aromatic carbocycles. The van der Waals surface area contributed by atoms with Crippen LogP contribution in [-0.4, -0.2) is 19.3 Å². The first-order chi connectivity index (χ1) is 7.76. The van der Waals surface area contributed by atoms with Gasteiger partial charge < -0.3 is 4.74 Å². The van der Waals surface area contributed by atoms with E-state index in [0.29, 0.717) is 6.61 Å². The third-order valence-electron chi connectivity index (χ3n) is 2.62. The van der Waals surface area contributed by atoms with Gasteiger partial charge in [0.2, 0.25) is 0 Å². The van der Waals surface area contributed by atoms with Crippen LogP contribution in [0.4, 0.5) is 0 Å². The molecule has 0 saturated heterocycles. The summed E-state index contributed by atoms with van der Waals surface area (Å²) in [5, 5.41) is 0. The summed E-state index contributed by atoms with van der Waals surface area (Å²) in [5.41, 5.74) is 5.46. The van der Waals surface area contributed by atoms with Crippen molar-refractivity contribution < 1.29 is 4.74 Å². The molecule has 0 fully saturated rings. The standard InChI is InChI=1S/C13H22N2O/c1-3-16-10-13(15-14)8-7-12-6-4-5-11(2)9-12/h4-6,9,13,15H,3,7-8,10,14H2,1-2H3. The normalized spacial score (nSPS) is 12.7. The molecule has 0 amide bonds. The minimum Gasteiger partial charge on any atom is -0.380 e. The Balaban J connectivity index is 2.37. The third-order valence-corrected chi connectivity index (χ3v) is 2.62. The molecule has 0 aliphatic carbocycles. The van der Waals surface area contributed by atoms with Gasteiger partial charge in [0, 0.05) is 12.6 Å². The molecular weight excluding hydrogens is 200 g/mol. The van der Waals surface area contributed by atoms with Crippen LogP contribution >= 0.6 is 0 Å². The van der Waals surface area contributed by atoms with Crippen molar-refractivity contribution in [1.82, 2.24) is 5.43 Å². The summed E-state index contributed by atoms with van der Waals surface area (Å²) in [6.45, 7) is 5.53. The van der Waals surface area contributed by atoms with Crippen LogP contribution in [0.5, 0.6) is 0 Å². The molecule has 1 aromatic rings. The number of hydrazine groups is 1. The van der Waals surface area contributed by atoms with Gasteiger partial charge in [-0.1, -0.05) is 29.8 Å². The maximum atomic E-state index is 5.48. The molecule has 1 atom stereocenters. The van der Waals surface area contributed by atoms with Gasteiger partial charge in [0.1, 0.15) is 0 Å². The zero-order valence-electron chi connectivity index (χ0n) is 10.2. The van der Waals surface area contributed by atoms with Crippen LogP contribution in [0, 0.1) is 6.92 Å². The van der Waals surface area contributed by atoms with Crippen LogP contribution in [0.25, 0.3) is 0 Å². The molecule has 0 bridgehead atoms. The number of nitrogens with one attached hydrogen (secondary N) is 1. The van der Waals surface area contributed by atoms with Gasteiger partial charge in [-0.05, 0) is 32.3 Å². The minimum absolute atomic E-state index is 0.237. The number of hydrogen-bond acceptors (Lipinski definition) is 3. The molecule has 3 heteroatoms. The average molecular weight is 222 g/mol. The minimum atomic E-state index is 0.237. The van der Waals surface area contributed by atoms with Crippen molar-refractivity contribution in [2.45, 2.75) is 32.7 Å². The van der Waals surface area contributed by atoms with Gasteiger partial charge in [-0.15, -0.1) is 0 Å². The van der Waals surface area contributed by atoms with E-state index in [-0.39, 0.29) is 6.04 Å². The van der Waals surface area contributed by atoms with E-state index in [4.69, 9.17) is 10.6 Å². The molecular formula is C13H22N2O. The zero-order chi connectivity index (χ0) is 11.8. The quantitative estimate of drug-likeness (QED) is 0.546. The molecule has 0 aliphatic rings. The molecule has 0 radical (unpaired) electrons. The summed E-state index contributed by atoms with van der Waals surface area (Å²) in [4.78, 5) is 0. The highest BCUT2D eigenvalue weighted by Gasteiger charge is 2.06. The number of hydrogen-bond donors (Lipinski definition) is 2. The summed E-state index contributed by atoms with van der Waals surface area (Å²) in [5.74, 6) is 5.48. The molecule has 3 N–H and O–H groups in total. The lowest BCUT2D eigenvalue weighted by atomic mass is 10.0. The Bertz CT molecular complexity index is 302. The van der Waals surface area contributed by atoms with Gasteiger partial charge in [0.05, 0.1) is 6.61 Å². The first-order valence-electron chi connectivity index (χ1n) is 5.85. The van der Waals surface area contributed by atoms with Crippen molar-refractivity contribution in [3.63, 3.8) is 0 Å². The lowest BCUT2D eigenvalue weighted by Gasteiger charge is -2.15. The van der Waals surface area contributed by atoms with E-state index in [0.717, 1.165) is 19.4 Å². The van der Waals surface area contributed by atoms with Crippen LogP contribution < -0.4 is 11.3 Å². The highest BCUT2D eigenvalue weighted by atomic mass is 16.5. The van der Waals surface area contributed by atoms with Crippen molar-refractivity contribution in [2.24, 2.45) is 5.84 Å². The van der Waals surface area contributed by atoms with Gasteiger partial charge in [-0.3, -0.25) is 11.3 Å². The molecule has 16 heavy (non-hydrogen) atoms. The van der Waals surface area contributed by atoms with E-state index in [9.17, 15) is 0 Å². The lowest BCUT2D eigenvalue weighted by molar-refractivity contribution is 0.120. The van der Waals surface area contributed by atoms with E-state index in [1.54, 1.807) is 0 Å². The van der Waals surface area contributed by atoms with Gasteiger partial charge in [-0.2, -0.15) is 0 Å². The van der Waals surface area contributed by atoms with Crippen LogP contribution in [0.15, 0.2) is 24.3 Å². The Kier molecular flexibility index (Phi) is 6.08. The Morgan fingerprint density at radius 3 is 2.88 bits per heavy atom. The van der Waals surface area contributed by atoms with Gasteiger partial charge in [0.25, 0.3) is 0 Å². The van der Waals surface area contributed by atoms with E-state index < -0.39 is 0 Å². The molecule has 0 heterocycles. The highest BCUT2D eigenvalue weighted by Crippen LogP contribution is 2.08. The van der Waals surface area contributed by atoms with Gasteiger partial charge in [-0.25, -0.2) is 0 Å². The van der Waals surface area contributed by atoms with Gasteiger partial charge >= 0.3 is 0 Å². The maximum Gasteiger partial charge on any atom is 0.0633 e. The molecule has 1 rings (SSSR count). The van der Waals surface area contributed by atoms with Crippen molar-refractivity contribution in [1.29, 1.82) is 0 Å². The third kappa shape index (κ3) is 4.75. The van der Waals surface area contributed by atoms with Crippen LogP contribution in [-0.2, 0) is 11.2 Å². The second-order valence-corrected chi connectivity index (χ2v) is 4.05. The van der Waals surface area contributed by atoms with Crippen molar-refractivity contribution >= 4 is 0 Å². The van der Waals surface area contributed by atoms with Crippen molar-refractivity contribution in [3.05, 3.63) is 35.4 Å². The van der Waals surface area contributed by atoms with E-state index >= 15 is 0 Å².